The van der Waals surface area contributed by atoms with Gasteiger partial charge in [0.15, 0.2) is 0 Å². The number of aromatic nitrogens is 1. The molecule has 0 aromatic carbocycles. The molecule has 4 heteroatoms. The lowest BCUT2D eigenvalue weighted by molar-refractivity contribution is 0.288. The molecule has 0 aliphatic heterocycles. The summed E-state index contributed by atoms with van der Waals surface area (Å²) in [6.45, 7) is 5.14. The van der Waals surface area contributed by atoms with Gasteiger partial charge in [-0.1, -0.05) is 6.92 Å². The number of hydrogen-bond acceptors (Lipinski definition) is 4. The van der Waals surface area contributed by atoms with Crippen molar-refractivity contribution in [3.05, 3.63) is 12.1 Å². The summed E-state index contributed by atoms with van der Waals surface area (Å²) in [5, 5.41) is 0. The lowest BCUT2D eigenvalue weighted by Crippen LogP contribution is -2.02. The Hall–Kier alpha value is -1.45. The van der Waals surface area contributed by atoms with Gasteiger partial charge in [0.05, 0.1) is 18.9 Å². The Labute approximate surface area is 84.0 Å². The van der Waals surface area contributed by atoms with Crippen molar-refractivity contribution in [1.82, 2.24) is 4.98 Å². The molecule has 1 rings (SSSR count). The zero-order valence-corrected chi connectivity index (χ0v) is 8.62. The normalized spacial score (nSPS) is 9.86. The van der Waals surface area contributed by atoms with Gasteiger partial charge in [0, 0.05) is 6.07 Å². The van der Waals surface area contributed by atoms with Gasteiger partial charge in [0.2, 0.25) is 11.8 Å². The predicted octanol–water partition coefficient (Wildman–Crippen LogP) is 1.85. The van der Waals surface area contributed by atoms with Gasteiger partial charge in [-0.25, -0.2) is 0 Å². The van der Waals surface area contributed by atoms with Gasteiger partial charge in [0.25, 0.3) is 0 Å². The van der Waals surface area contributed by atoms with Crippen LogP contribution in [0.15, 0.2) is 12.1 Å². The molecule has 1 aromatic rings. The number of nitrogen functional groups attached to an aromatic ring is 1. The van der Waals surface area contributed by atoms with Crippen LogP contribution in [0, 0.1) is 0 Å². The second-order valence-electron chi connectivity index (χ2n) is 2.83. The average Bonchev–Trinajstić information content (AvgIpc) is 2.19. The standard InChI is InChI=1S/C10H16N2O2/c1-3-7-14-9-6-5-8(11)10(12-9)13-4-2/h5-6H,3-4,7,11H2,1-2H3. The third-order valence-corrected chi connectivity index (χ3v) is 1.60. The van der Waals surface area contributed by atoms with Gasteiger partial charge in [-0.2, -0.15) is 4.98 Å². The topological polar surface area (TPSA) is 57.4 Å². The summed E-state index contributed by atoms with van der Waals surface area (Å²) < 4.78 is 10.6. The first-order chi connectivity index (χ1) is 6.77. The first-order valence-corrected chi connectivity index (χ1v) is 4.80. The van der Waals surface area contributed by atoms with Crippen LogP contribution in [0.2, 0.25) is 0 Å². The van der Waals surface area contributed by atoms with E-state index in [4.69, 9.17) is 15.2 Å². The summed E-state index contributed by atoms with van der Waals surface area (Å²) in [4.78, 5) is 4.13. The van der Waals surface area contributed by atoms with Gasteiger partial charge in [0.1, 0.15) is 0 Å². The van der Waals surface area contributed by atoms with E-state index in [2.05, 4.69) is 4.98 Å². The highest BCUT2D eigenvalue weighted by molar-refractivity contribution is 5.49. The Morgan fingerprint density at radius 1 is 1.29 bits per heavy atom. The third kappa shape index (κ3) is 2.80. The van der Waals surface area contributed by atoms with Gasteiger partial charge < -0.3 is 15.2 Å². The summed E-state index contributed by atoms with van der Waals surface area (Å²) in [5.74, 6) is 1.01. The quantitative estimate of drug-likeness (QED) is 0.780. The van der Waals surface area contributed by atoms with Crippen LogP contribution < -0.4 is 15.2 Å². The van der Waals surface area contributed by atoms with Crippen molar-refractivity contribution < 1.29 is 9.47 Å². The minimum absolute atomic E-state index is 0.445. The number of nitrogens with zero attached hydrogens (tertiary/aromatic N) is 1. The van der Waals surface area contributed by atoms with Crippen molar-refractivity contribution in [1.29, 1.82) is 0 Å². The molecule has 0 spiro atoms. The number of ether oxygens (including phenoxy) is 2. The summed E-state index contributed by atoms with van der Waals surface area (Å²) in [6.07, 6.45) is 0.954. The Morgan fingerprint density at radius 3 is 2.71 bits per heavy atom. The van der Waals surface area contributed by atoms with E-state index < -0.39 is 0 Å². The fourth-order valence-electron chi connectivity index (χ4n) is 0.974. The Bertz CT molecular complexity index is 289. The third-order valence-electron chi connectivity index (χ3n) is 1.60. The van der Waals surface area contributed by atoms with Crippen LogP contribution in [-0.2, 0) is 0 Å². The van der Waals surface area contributed by atoms with Crippen molar-refractivity contribution in [2.75, 3.05) is 18.9 Å². The highest BCUT2D eigenvalue weighted by Crippen LogP contribution is 2.21. The maximum Gasteiger partial charge on any atom is 0.240 e. The maximum atomic E-state index is 5.66. The van der Waals surface area contributed by atoms with Gasteiger partial charge in [-0.3, -0.25) is 0 Å². The molecule has 0 atom stereocenters. The molecule has 0 unspecified atom stereocenters. The van der Waals surface area contributed by atoms with Crippen molar-refractivity contribution in [2.45, 2.75) is 20.3 Å². The monoisotopic (exact) mass is 196 g/mol. The fraction of sp³-hybridized carbons (Fsp3) is 0.500. The molecule has 0 saturated carbocycles. The van der Waals surface area contributed by atoms with Crippen LogP contribution in [0.5, 0.6) is 11.8 Å². The van der Waals surface area contributed by atoms with E-state index in [0.29, 0.717) is 30.7 Å². The van der Waals surface area contributed by atoms with Crippen molar-refractivity contribution in [2.24, 2.45) is 0 Å². The number of rotatable bonds is 5. The average molecular weight is 196 g/mol. The number of anilines is 1. The van der Waals surface area contributed by atoms with Crippen LogP contribution >= 0.6 is 0 Å². The van der Waals surface area contributed by atoms with E-state index in [0.717, 1.165) is 6.42 Å². The van der Waals surface area contributed by atoms with E-state index in [9.17, 15) is 0 Å². The molecule has 1 aromatic heterocycles. The molecule has 2 N–H and O–H groups in total. The van der Waals surface area contributed by atoms with Crippen molar-refractivity contribution in [3.63, 3.8) is 0 Å². The summed E-state index contributed by atoms with van der Waals surface area (Å²) in [7, 11) is 0. The van der Waals surface area contributed by atoms with Gasteiger partial charge in [-0.15, -0.1) is 0 Å². The molecule has 0 aliphatic carbocycles. The lowest BCUT2D eigenvalue weighted by atomic mass is 10.4. The zero-order chi connectivity index (χ0) is 10.4. The number of pyridine rings is 1. The van der Waals surface area contributed by atoms with E-state index >= 15 is 0 Å². The smallest absolute Gasteiger partial charge is 0.240 e. The van der Waals surface area contributed by atoms with Crippen molar-refractivity contribution >= 4 is 5.69 Å². The minimum Gasteiger partial charge on any atom is -0.478 e. The summed E-state index contributed by atoms with van der Waals surface area (Å²) in [5.41, 5.74) is 6.20. The Kier molecular flexibility index (Phi) is 4.04. The lowest BCUT2D eigenvalue weighted by Gasteiger charge is -2.08. The molecule has 0 saturated heterocycles. The first kappa shape index (κ1) is 10.6. The molecule has 14 heavy (non-hydrogen) atoms. The molecule has 0 fully saturated rings. The van der Waals surface area contributed by atoms with Crippen LogP contribution in [0.1, 0.15) is 20.3 Å². The molecule has 0 radical (unpaired) electrons. The second-order valence-corrected chi connectivity index (χ2v) is 2.83. The van der Waals surface area contributed by atoms with Gasteiger partial charge >= 0.3 is 0 Å². The Morgan fingerprint density at radius 2 is 2.07 bits per heavy atom. The minimum atomic E-state index is 0.445. The highest BCUT2D eigenvalue weighted by Gasteiger charge is 2.03. The van der Waals surface area contributed by atoms with Crippen LogP contribution in [0.25, 0.3) is 0 Å². The number of nitrogens with two attached hydrogens (primary N) is 1. The predicted molar refractivity (Wildman–Crippen MR) is 55.6 cm³/mol. The zero-order valence-electron chi connectivity index (χ0n) is 8.62. The van der Waals surface area contributed by atoms with E-state index in [1.807, 2.05) is 13.8 Å². The van der Waals surface area contributed by atoms with E-state index in [1.165, 1.54) is 0 Å². The van der Waals surface area contributed by atoms with Crippen molar-refractivity contribution in [3.8, 4) is 11.8 Å². The maximum absolute atomic E-state index is 5.66. The van der Waals surface area contributed by atoms with Crippen LogP contribution in [0.3, 0.4) is 0 Å². The highest BCUT2D eigenvalue weighted by atomic mass is 16.5. The van der Waals surface area contributed by atoms with E-state index in [-0.39, 0.29) is 0 Å². The molecular weight excluding hydrogens is 180 g/mol. The fourth-order valence-corrected chi connectivity index (χ4v) is 0.974. The molecule has 1 heterocycles. The largest absolute Gasteiger partial charge is 0.478 e. The molecule has 0 amide bonds. The van der Waals surface area contributed by atoms with Crippen LogP contribution in [-0.4, -0.2) is 18.2 Å². The second kappa shape index (κ2) is 5.32. The van der Waals surface area contributed by atoms with Crippen LogP contribution in [0.4, 0.5) is 5.69 Å². The summed E-state index contributed by atoms with van der Waals surface area (Å²) >= 11 is 0. The molecular formula is C10H16N2O2. The van der Waals surface area contributed by atoms with E-state index in [1.54, 1.807) is 12.1 Å². The molecule has 4 nitrogen and oxygen atoms in total. The summed E-state index contributed by atoms with van der Waals surface area (Å²) in [6, 6.07) is 3.48. The Balaban J connectivity index is 2.72. The first-order valence-electron chi connectivity index (χ1n) is 4.80. The SMILES string of the molecule is CCCOc1ccc(N)c(OCC)n1. The van der Waals surface area contributed by atoms with Gasteiger partial charge in [-0.05, 0) is 19.4 Å². The molecule has 0 aliphatic rings. The number of hydrogen-bond donors (Lipinski definition) is 1. The molecule has 0 bridgehead atoms. The molecule has 78 valence electrons.